The quantitative estimate of drug-likeness (QED) is 0.0710. The van der Waals surface area contributed by atoms with Crippen molar-refractivity contribution in [3.8, 4) is 5.75 Å². The van der Waals surface area contributed by atoms with Crippen LogP contribution in [-0.4, -0.2) is 188 Å². The molecule has 1 aromatic carbocycles. The molecule has 78 heavy (non-hydrogen) atoms. The molecule has 5 heterocycles. The summed E-state index contributed by atoms with van der Waals surface area (Å²) in [7, 11) is 0. The van der Waals surface area contributed by atoms with Gasteiger partial charge in [0.1, 0.15) is 17.8 Å². The number of aliphatic hydroxyl groups excluding tert-OH is 3. The average Bonchev–Trinajstić information content (AvgIpc) is 4.08. The first-order valence-electron chi connectivity index (χ1n) is 26.5. The summed E-state index contributed by atoms with van der Waals surface area (Å²) in [6, 6.07) is -0.399. The number of ketones is 2. The standard InChI is InChI=1S/C52H73N9O15S2/c1-5-26(2)46-49(73)55-21-43(68)56-36-25-78-50-33(31-11-10-30(17-34(31)58-50)76-13-9-7-6-8-12-60-45(70)20-41(77-4)52(60)75)18-35(48(72)54-22-44(69)59-46)57-47(71)32(27(3)40(66)24-62)19-39(65)37-16-29(63)23-61(37)51(74)28(14-38(36)64)15-42(53)67/h10-11,17,26-29,32,35-37,40-41,46,58,62-63,66H,5-9,12-16,18-25H2,1-4H3,(H2,53,67)(H,54,72)(H,55,73)(H,56,68)(H,57,71)(H,59,69). The topological polar surface area (TPSA) is 366 Å². The second-order valence-electron chi connectivity index (χ2n) is 20.6. The number of imide groups is 1. The van der Waals surface area contributed by atoms with Gasteiger partial charge in [0.05, 0.1) is 72.3 Å². The second-order valence-corrected chi connectivity index (χ2v) is 22.7. The highest BCUT2D eigenvalue weighted by atomic mass is 32.2. The van der Waals surface area contributed by atoms with Gasteiger partial charge in [-0.3, -0.25) is 57.6 Å². The van der Waals surface area contributed by atoms with E-state index in [1.807, 2.05) is 6.26 Å². The summed E-state index contributed by atoms with van der Waals surface area (Å²) in [6.07, 6.45) is -0.200. The normalized spacial score (nSPS) is 26.8. The summed E-state index contributed by atoms with van der Waals surface area (Å²) in [5.74, 6) is -12.2. The van der Waals surface area contributed by atoms with E-state index in [1.54, 1.807) is 32.0 Å². The van der Waals surface area contributed by atoms with Gasteiger partial charge >= 0.3 is 0 Å². The summed E-state index contributed by atoms with van der Waals surface area (Å²) in [6.45, 7) is 3.01. The number of hydrogen-bond acceptors (Lipinski definition) is 17. The largest absolute Gasteiger partial charge is 0.494 e. The van der Waals surface area contributed by atoms with Crippen LogP contribution in [0.5, 0.6) is 5.75 Å². The number of aliphatic hydroxyl groups is 3. The average molecular weight is 1130 g/mol. The Morgan fingerprint density at radius 1 is 0.859 bits per heavy atom. The maximum absolute atomic E-state index is 14.8. The van der Waals surface area contributed by atoms with Crippen molar-refractivity contribution in [3.05, 3.63) is 23.8 Å². The smallest absolute Gasteiger partial charge is 0.243 e. The van der Waals surface area contributed by atoms with Crippen molar-refractivity contribution in [1.82, 2.24) is 41.4 Å². The highest BCUT2D eigenvalue weighted by molar-refractivity contribution is 8.00. The van der Waals surface area contributed by atoms with E-state index in [-0.39, 0.29) is 42.1 Å². The Morgan fingerprint density at radius 3 is 2.24 bits per heavy atom. The lowest BCUT2D eigenvalue weighted by atomic mass is 9.83. The first-order valence-corrected chi connectivity index (χ1v) is 28.7. The predicted molar refractivity (Wildman–Crippen MR) is 285 cm³/mol. The number of thioether (sulfide) groups is 2. The minimum absolute atomic E-state index is 0.154. The Bertz CT molecular complexity index is 2600. The maximum atomic E-state index is 14.8. The molecule has 4 aliphatic heterocycles. The van der Waals surface area contributed by atoms with Crippen LogP contribution in [0, 0.1) is 23.7 Å². The maximum Gasteiger partial charge on any atom is 0.243 e. The number of carbonyl (C=O) groups is 11. The summed E-state index contributed by atoms with van der Waals surface area (Å²) in [5, 5.41) is 45.4. The predicted octanol–water partition coefficient (Wildman–Crippen LogP) is -1.03. The number of rotatable bonds is 16. The van der Waals surface area contributed by atoms with E-state index in [9.17, 15) is 68.1 Å². The molecule has 11 N–H and O–H groups in total. The number of unbranched alkanes of at least 4 members (excludes halogenated alkanes) is 3. The molecule has 2 fully saturated rings. The van der Waals surface area contributed by atoms with Crippen molar-refractivity contribution in [2.45, 2.75) is 138 Å². The van der Waals surface area contributed by atoms with Crippen LogP contribution in [0.2, 0.25) is 0 Å². The Labute approximate surface area is 459 Å². The second kappa shape index (κ2) is 28.2. The van der Waals surface area contributed by atoms with Crippen LogP contribution < -0.4 is 37.1 Å². The SMILES string of the molecule is CCC(C)C1NC(=O)CNC(=O)C2Cc3c([nH]c4cc(OCCCCCCN5C(=O)CC(SC)C5=O)ccc34)SCC(NC(=O)CNC1=O)C(=O)CC(CC(N)=O)C(=O)N1CC(O)CC1C(=O)CC(C(C)C(O)CO)C(=O)N2. The van der Waals surface area contributed by atoms with Crippen LogP contribution >= 0.6 is 23.5 Å². The summed E-state index contributed by atoms with van der Waals surface area (Å²) in [4.78, 5) is 157. The van der Waals surface area contributed by atoms with Gasteiger partial charge in [-0.15, -0.1) is 11.8 Å². The molecular weight excluding hydrogens is 1050 g/mol. The van der Waals surface area contributed by atoms with Crippen LogP contribution in [0.25, 0.3) is 10.9 Å². The number of aromatic nitrogens is 1. The molecule has 24 nitrogen and oxygen atoms in total. The van der Waals surface area contributed by atoms with Crippen LogP contribution in [0.4, 0.5) is 0 Å². The van der Waals surface area contributed by atoms with Gasteiger partial charge in [-0.05, 0) is 48.6 Å². The van der Waals surface area contributed by atoms with E-state index in [0.717, 1.165) is 29.5 Å². The van der Waals surface area contributed by atoms with E-state index in [1.165, 1.54) is 23.6 Å². The van der Waals surface area contributed by atoms with Gasteiger partial charge in [-0.2, -0.15) is 11.8 Å². The minimum Gasteiger partial charge on any atom is -0.494 e. The zero-order valence-electron chi connectivity index (χ0n) is 44.3. The van der Waals surface area contributed by atoms with Gasteiger partial charge in [0.15, 0.2) is 11.6 Å². The van der Waals surface area contributed by atoms with Crippen molar-refractivity contribution in [1.29, 1.82) is 0 Å². The van der Waals surface area contributed by atoms with E-state index in [2.05, 4.69) is 31.6 Å². The number of Topliss-reactive ketones (excluding diaryl/α,β-unsaturated/α-hetero) is 2. The van der Waals surface area contributed by atoms with Crippen molar-refractivity contribution < 1.29 is 72.8 Å². The number of likely N-dealkylation sites (tertiary alicyclic amines) is 1. The van der Waals surface area contributed by atoms with Gasteiger partial charge < -0.3 is 62.3 Å². The van der Waals surface area contributed by atoms with E-state index < -0.39 is 158 Å². The van der Waals surface area contributed by atoms with E-state index >= 15 is 0 Å². The number of ether oxygens (including phenoxy) is 1. The van der Waals surface area contributed by atoms with Crippen LogP contribution in [0.15, 0.2) is 23.2 Å². The highest BCUT2D eigenvalue weighted by Gasteiger charge is 2.45. The Morgan fingerprint density at radius 2 is 1.56 bits per heavy atom. The van der Waals surface area contributed by atoms with Gasteiger partial charge in [-0.25, -0.2) is 0 Å². The molecule has 2 bridgehead atoms. The molecule has 0 saturated carbocycles. The summed E-state index contributed by atoms with van der Waals surface area (Å²) >= 11 is 2.40. The fourth-order valence-electron chi connectivity index (χ4n) is 10.2. The van der Waals surface area contributed by atoms with E-state index in [0.29, 0.717) is 59.7 Å². The lowest BCUT2D eigenvalue weighted by Gasteiger charge is -2.31. The number of aromatic amines is 1. The summed E-state index contributed by atoms with van der Waals surface area (Å²) < 4.78 is 6.14. The van der Waals surface area contributed by atoms with Gasteiger partial charge in [0, 0.05) is 74.7 Å². The number of hydrogen-bond donors (Lipinski definition) is 10. The number of nitrogens with one attached hydrogen (secondary N) is 6. The molecular formula is C52H73N9O15S2. The number of amides is 9. The monoisotopic (exact) mass is 1130 g/mol. The molecule has 9 amide bonds. The number of fused-ring (bicyclic) bond motifs is 5. The molecule has 0 aliphatic carbocycles. The number of primary amides is 1. The molecule has 0 radical (unpaired) electrons. The summed E-state index contributed by atoms with van der Waals surface area (Å²) in [5.41, 5.74) is 6.53. The Balaban J connectivity index is 1.40. The molecule has 428 valence electrons. The van der Waals surface area contributed by atoms with Crippen molar-refractivity contribution in [2.75, 3.05) is 51.4 Å². The highest BCUT2D eigenvalue weighted by Crippen LogP contribution is 2.35. The van der Waals surface area contributed by atoms with Crippen LogP contribution in [0.3, 0.4) is 0 Å². The lowest BCUT2D eigenvalue weighted by molar-refractivity contribution is -0.145. The first kappa shape index (κ1) is 61.1. The molecule has 26 heteroatoms. The van der Waals surface area contributed by atoms with Crippen molar-refractivity contribution in [2.24, 2.45) is 29.4 Å². The third-order valence-electron chi connectivity index (χ3n) is 15.1. The number of H-pyrrole nitrogens is 1. The molecule has 11 atom stereocenters. The number of nitrogens with zero attached hydrogens (tertiary/aromatic N) is 2. The van der Waals surface area contributed by atoms with Crippen molar-refractivity contribution >= 4 is 99.2 Å². The minimum atomic E-state index is -1.56. The fraction of sp³-hybridized carbons (Fsp3) is 0.635. The fourth-order valence-corrected chi connectivity index (χ4v) is 12.0. The zero-order chi connectivity index (χ0) is 57.0. The zero-order valence-corrected chi connectivity index (χ0v) is 46.0. The van der Waals surface area contributed by atoms with E-state index in [4.69, 9.17) is 10.5 Å². The number of nitrogens with two attached hydrogens (primary N) is 1. The molecule has 1 aromatic heterocycles. The van der Waals surface area contributed by atoms with Crippen LogP contribution in [-0.2, 0) is 59.2 Å². The molecule has 2 aromatic rings. The number of benzene rings is 1. The first-order chi connectivity index (χ1) is 37.1. The van der Waals surface area contributed by atoms with Crippen LogP contribution in [0.1, 0.15) is 90.5 Å². The molecule has 0 spiro atoms. The third kappa shape index (κ3) is 15.6. The molecule has 6 rings (SSSR count). The molecule has 2 saturated heterocycles. The van der Waals surface area contributed by atoms with Gasteiger partial charge in [-0.1, -0.05) is 40.0 Å². The Hall–Kier alpha value is -6.09. The third-order valence-corrected chi connectivity index (χ3v) is 17.1. The molecule has 11 unspecified atom stereocenters. The Kier molecular flexibility index (Phi) is 22.1. The van der Waals surface area contributed by atoms with Gasteiger partial charge in [0.25, 0.3) is 0 Å². The lowest BCUT2D eigenvalue weighted by Crippen LogP contribution is -2.56. The number of carbonyl (C=O) groups excluding carboxylic acids is 11. The molecule has 4 aliphatic rings. The van der Waals surface area contributed by atoms with Gasteiger partial charge in [0.2, 0.25) is 53.2 Å². The van der Waals surface area contributed by atoms with Crippen molar-refractivity contribution in [3.63, 3.8) is 0 Å².